The molecule has 0 radical (unpaired) electrons. The Kier molecular flexibility index (Phi) is 3.32. The van der Waals surface area contributed by atoms with Gasteiger partial charge in [0.15, 0.2) is 0 Å². The Morgan fingerprint density at radius 1 is 1.11 bits per heavy atom. The Labute approximate surface area is 113 Å². The lowest BCUT2D eigenvalue weighted by atomic mass is 9.89. The number of nitrogens with zero attached hydrogens (tertiary/aromatic N) is 1. The first kappa shape index (κ1) is 12.0. The Bertz CT molecular complexity index is 602. The van der Waals surface area contributed by atoms with Gasteiger partial charge in [-0.15, -0.1) is 0 Å². The molecule has 0 spiro atoms. The van der Waals surface area contributed by atoms with Gasteiger partial charge < -0.3 is 4.74 Å². The second-order valence-electron chi connectivity index (χ2n) is 4.90. The molecular weight excluding hydrogens is 234 g/mol. The summed E-state index contributed by atoms with van der Waals surface area (Å²) in [7, 11) is 1.71. The lowest BCUT2D eigenvalue weighted by Gasteiger charge is -2.17. The molecule has 3 rings (SSSR count). The van der Waals surface area contributed by atoms with Gasteiger partial charge in [-0.3, -0.25) is 4.98 Å². The van der Waals surface area contributed by atoms with Crippen LogP contribution in [-0.4, -0.2) is 12.1 Å². The summed E-state index contributed by atoms with van der Waals surface area (Å²) in [4.78, 5) is 4.06. The third-order valence-corrected chi connectivity index (χ3v) is 3.61. The second-order valence-corrected chi connectivity index (χ2v) is 4.90. The molecule has 0 bridgehead atoms. The van der Waals surface area contributed by atoms with Crippen LogP contribution in [-0.2, 0) is 12.8 Å². The lowest BCUT2D eigenvalue weighted by molar-refractivity contribution is 0.414. The highest BCUT2D eigenvalue weighted by Gasteiger charge is 2.11. The summed E-state index contributed by atoms with van der Waals surface area (Å²) >= 11 is 0. The van der Waals surface area contributed by atoms with E-state index in [1.165, 1.54) is 22.3 Å². The van der Waals surface area contributed by atoms with E-state index in [0.29, 0.717) is 0 Å². The van der Waals surface area contributed by atoms with E-state index in [-0.39, 0.29) is 0 Å². The van der Waals surface area contributed by atoms with Crippen LogP contribution in [0.5, 0.6) is 5.75 Å². The number of allylic oxidation sites excluding steroid dienone is 1. The number of fused-ring (bicyclic) bond motifs is 1. The molecule has 0 amide bonds. The summed E-state index contributed by atoms with van der Waals surface area (Å²) in [5.41, 5.74) is 5.52. The van der Waals surface area contributed by atoms with Gasteiger partial charge in [-0.1, -0.05) is 17.7 Å². The number of aryl methyl sites for hydroxylation is 1. The molecule has 1 aromatic carbocycles. The van der Waals surface area contributed by atoms with E-state index in [2.05, 4.69) is 35.3 Å². The first-order valence-corrected chi connectivity index (χ1v) is 6.60. The summed E-state index contributed by atoms with van der Waals surface area (Å²) in [6, 6.07) is 10.5. The van der Waals surface area contributed by atoms with Crippen molar-refractivity contribution in [1.82, 2.24) is 4.98 Å². The van der Waals surface area contributed by atoms with Gasteiger partial charge in [0.05, 0.1) is 7.11 Å². The van der Waals surface area contributed by atoms with Crippen LogP contribution < -0.4 is 4.74 Å². The maximum absolute atomic E-state index is 5.30. The van der Waals surface area contributed by atoms with Crippen LogP contribution in [0.1, 0.15) is 23.1 Å². The maximum Gasteiger partial charge on any atom is 0.119 e. The molecule has 1 aliphatic rings. The molecular formula is C17H17NO. The highest BCUT2D eigenvalue weighted by molar-refractivity contribution is 5.62. The SMILES string of the molecule is COc1ccc2c(c1)C=C(Cc1ccncc1)CC2. The van der Waals surface area contributed by atoms with Crippen LogP contribution in [0, 0.1) is 0 Å². The molecule has 2 heteroatoms. The molecule has 0 fully saturated rings. The van der Waals surface area contributed by atoms with E-state index in [9.17, 15) is 0 Å². The third kappa shape index (κ3) is 2.68. The first-order chi connectivity index (χ1) is 9.35. The number of aromatic nitrogens is 1. The van der Waals surface area contributed by atoms with Crippen LogP contribution in [0.15, 0.2) is 48.3 Å². The third-order valence-electron chi connectivity index (χ3n) is 3.61. The lowest BCUT2D eigenvalue weighted by Crippen LogP contribution is -2.02. The second kappa shape index (κ2) is 5.27. The topological polar surface area (TPSA) is 22.1 Å². The molecule has 1 aromatic heterocycles. The van der Waals surface area contributed by atoms with Crippen LogP contribution >= 0.6 is 0 Å². The summed E-state index contributed by atoms with van der Waals surface area (Å²) in [6.45, 7) is 0. The zero-order valence-corrected chi connectivity index (χ0v) is 11.1. The number of hydrogen-bond donors (Lipinski definition) is 0. The fourth-order valence-corrected chi connectivity index (χ4v) is 2.55. The van der Waals surface area contributed by atoms with Crippen molar-refractivity contribution in [1.29, 1.82) is 0 Å². The summed E-state index contributed by atoms with van der Waals surface area (Å²) < 4.78 is 5.30. The van der Waals surface area contributed by atoms with Gasteiger partial charge >= 0.3 is 0 Å². The average Bonchev–Trinajstić information content (AvgIpc) is 2.47. The van der Waals surface area contributed by atoms with Crippen LogP contribution in [0.25, 0.3) is 6.08 Å². The van der Waals surface area contributed by atoms with Crippen molar-refractivity contribution in [2.45, 2.75) is 19.3 Å². The normalized spacial score (nSPS) is 13.6. The van der Waals surface area contributed by atoms with Crippen molar-refractivity contribution >= 4 is 6.08 Å². The highest BCUT2D eigenvalue weighted by atomic mass is 16.5. The van der Waals surface area contributed by atoms with E-state index >= 15 is 0 Å². The molecule has 96 valence electrons. The number of rotatable bonds is 3. The Balaban J connectivity index is 1.86. The highest BCUT2D eigenvalue weighted by Crippen LogP contribution is 2.28. The average molecular weight is 251 g/mol. The molecule has 0 N–H and O–H groups in total. The molecule has 0 saturated carbocycles. The fourth-order valence-electron chi connectivity index (χ4n) is 2.55. The summed E-state index contributed by atoms with van der Waals surface area (Å²) in [5, 5.41) is 0. The summed E-state index contributed by atoms with van der Waals surface area (Å²) in [6.07, 6.45) is 9.30. The number of benzene rings is 1. The van der Waals surface area contributed by atoms with Crippen molar-refractivity contribution in [3.63, 3.8) is 0 Å². The van der Waals surface area contributed by atoms with Gasteiger partial charge in [0.25, 0.3) is 0 Å². The van der Waals surface area contributed by atoms with Crippen LogP contribution in [0.2, 0.25) is 0 Å². The van der Waals surface area contributed by atoms with E-state index in [0.717, 1.165) is 25.0 Å². The van der Waals surface area contributed by atoms with E-state index < -0.39 is 0 Å². The van der Waals surface area contributed by atoms with Gasteiger partial charge in [-0.25, -0.2) is 0 Å². The smallest absolute Gasteiger partial charge is 0.119 e. The Morgan fingerprint density at radius 2 is 1.95 bits per heavy atom. The standard InChI is InChI=1S/C17H17NO/c1-19-17-5-4-15-3-2-14(11-16(15)12-17)10-13-6-8-18-9-7-13/h4-9,11-12H,2-3,10H2,1H3. The van der Waals surface area contributed by atoms with E-state index in [1.807, 2.05) is 18.5 Å². The fraction of sp³-hybridized carbons (Fsp3) is 0.235. The van der Waals surface area contributed by atoms with Crippen molar-refractivity contribution in [3.8, 4) is 5.75 Å². The van der Waals surface area contributed by atoms with E-state index in [4.69, 9.17) is 4.74 Å². The van der Waals surface area contributed by atoms with Gasteiger partial charge in [0, 0.05) is 12.4 Å². The zero-order chi connectivity index (χ0) is 13.1. The predicted octanol–water partition coefficient (Wildman–Crippen LogP) is 3.66. The van der Waals surface area contributed by atoms with E-state index in [1.54, 1.807) is 7.11 Å². The largest absolute Gasteiger partial charge is 0.497 e. The molecule has 0 atom stereocenters. The van der Waals surface area contributed by atoms with Crippen molar-refractivity contribution in [2.24, 2.45) is 0 Å². The minimum atomic E-state index is 0.931. The van der Waals surface area contributed by atoms with Crippen molar-refractivity contribution < 1.29 is 4.74 Å². The Morgan fingerprint density at radius 3 is 2.74 bits per heavy atom. The van der Waals surface area contributed by atoms with Crippen LogP contribution in [0.4, 0.5) is 0 Å². The quantitative estimate of drug-likeness (QED) is 0.830. The first-order valence-electron chi connectivity index (χ1n) is 6.60. The van der Waals surface area contributed by atoms with Gasteiger partial charge in [0.2, 0.25) is 0 Å². The molecule has 0 aliphatic heterocycles. The van der Waals surface area contributed by atoms with Gasteiger partial charge in [0.1, 0.15) is 5.75 Å². The minimum Gasteiger partial charge on any atom is -0.497 e. The number of methoxy groups -OCH3 is 1. The molecule has 2 nitrogen and oxygen atoms in total. The Hall–Kier alpha value is -2.09. The number of hydrogen-bond acceptors (Lipinski definition) is 2. The molecule has 0 unspecified atom stereocenters. The number of pyridine rings is 1. The van der Waals surface area contributed by atoms with Gasteiger partial charge in [-0.2, -0.15) is 0 Å². The minimum absolute atomic E-state index is 0.931. The zero-order valence-electron chi connectivity index (χ0n) is 11.1. The monoisotopic (exact) mass is 251 g/mol. The molecule has 19 heavy (non-hydrogen) atoms. The summed E-state index contributed by atoms with van der Waals surface area (Å²) in [5.74, 6) is 0.931. The number of ether oxygens (including phenoxy) is 1. The molecule has 2 aromatic rings. The van der Waals surface area contributed by atoms with Crippen molar-refractivity contribution in [3.05, 3.63) is 65.0 Å². The van der Waals surface area contributed by atoms with Gasteiger partial charge in [-0.05, 0) is 60.2 Å². The maximum atomic E-state index is 5.30. The molecule has 1 heterocycles. The van der Waals surface area contributed by atoms with Crippen LogP contribution in [0.3, 0.4) is 0 Å². The van der Waals surface area contributed by atoms with Crippen molar-refractivity contribution in [2.75, 3.05) is 7.11 Å². The molecule has 1 aliphatic carbocycles. The molecule has 0 saturated heterocycles. The predicted molar refractivity (Wildman–Crippen MR) is 77.2 cm³/mol.